The molecule has 4 N–H and O–H groups in total. The van der Waals surface area contributed by atoms with Gasteiger partial charge in [0.2, 0.25) is 5.82 Å². The van der Waals surface area contributed by atoms with E-state index in [1.165, 1.54) is 0 Å². The van der Waals surface area contributed by atoms with Gasteiger partial charge < -0.3 is 11.5 Å². The second-order valence-corrected chi connectivity index (χ2v) is 3.41. The molecule has 16 heavy (non-hydrogen) atoms. The van der Waals surface area contributed by atoms with Crippen molar-refractivity contribution in [1.82, 2.24) is 0 Å². The van der Waals surface area contributed by atoms with E-state index in [2.05, 4.69) is 0 Å². The van der Waals surface area contributed by atoms with Gasteiger partial charge in [-0.1, -0.05) is 13.8 Å². The van der Waals surface area contributed by atoms with Crippen LogP contribution in [-0.2, 0) is 12.8 Å². The van der Waals surface area contributed by atoms with Gasteiger partial charge in [0.25, 0.3) is 0 Å². The van der Waals surface area contributed by atoms with Gasteiger partial charge in [-0.2, -0.15) is 4.39 Å². The summed E-state index contributed by atoms with van der Waals surface area (Å²) in [6, 6.07) is 0. The van der Waals surface area contributed by atoms with Crippen LogP contribution < -0.4 is 11.5 Å². The zero-order chi connectivity index (χ0) is 12.5. The van der Waals surface area contributed by atoms with Crippen LogP contribution >= 0.6 is 0 Å². The molecule has 1 aromatic rings. The fraction of sp³-hybridized carbons (Fsp3) is 0.400. The molecule has 0 spiro atoms. The second-order valence-electron chi connectivity index (χ2n) is 3.41. The van der Waals surface area contributed by atoms with E-state index in [9.17, 15) is 14.5 Å². The van der Waals surface area contributed by atoms with Crippen molar-refractivity contribution in [3.63, 3.8) is 0 Å². The molecule has 0 radical (unpaired) electrons. The molecule has 0 unspecified atom stereocenters. The molecule has 0 bridgehead atoms. The number of rotatable bonds is 3. The van der Waals surface area contributed by atoms with E-state index in [-0.39, 0.29) is 16.9 Å². The van der Waals surface area contributed by atoms with E-state index in [4.69, 9.17) is 11.5 Å². The fourth-order valence-electron chi connectivity index (χ4n) is 1.80. The molecule has 5 nitrogen and oxygen atoms in total. The molecule has 0 saturated heterocycles. The molecule has 0 saturated carbocycles. The van der Waals surface area contributed by atoms with Crippen molar-refractivity contribution < 1.29 is 9.31 Å². The average Bonchev–Trinajstić information content (AvgIpc) is 2.22. The monoisotopic (exact) mass is 227 g/mol. The van der Waals surface area contributed by atoms with E-state index in [0.717, 1.165) is 0 Å². The van der Waals surface area contributed by atoms with Gasteiger partial charge in [0.05, 0.1) is 10.6 Å². The number of nitrogens with two attached hydrogens (primary N) is 2. The highest BCUT2D eigenvalue weighted by molar-refractivity contribution is 5.79. The second kappa shape index (κ2) is 4.34. The van der Waals surface area contributed by atoms with Crippen LogP contribution in [0.5, 0.6) is 0 Å². The van der Waals surface area contributed by atoms with Gasteiger partial charge >= 0.3 is 5.69 Å². The van der Waals surface area contributed by atoms with Crippen LogP contribution in [0.4, 0.5) is 21.5 Å². The largest absolute Gasteiger partial charge is 0.397 e. The van der Waals surface area contributed by atoms with Crippen molar-refractivity contribution in [3.8, 4) is 0 Å². The highest BCUT2D eigenvalue weighted by Gasteiger charge is 2.27. The molecule has 0 atom stereocenters. The van der Waals surface area contributed by atoms with Gasteiger partial charge in [-0.15, -0.1) is 0 Å². The molecular weight excluding hydrogens is 213 g/mol. The van der Waals surface area contributed by atoms with E-state index in [1.54, 1.807) is 13.8 Å². The minimum atomic E-state index is -0.865. The van der Waals surface area contributed by atoms with Crippen molar-refractivity contribution in [3.05, 3.63) is 27.1 Å². The molecule has 0 aliphatic rings. The first-order chi connectivity index (χ1) is 7.45. The number of nitro groups is 1. The number of anilines is 2. The summed E-state index contributed by atoms with van der Waals surface area (Å²) in [4.78, 5) is 9.86. The van der Waals surface area contributed by atoms with Crippen LogP contribution in [0.25, 0.3) is 0 Å². The van der Waals surface area contributed by atoms with Gasteiger partial charge in [-0.05, 0) is 18.4 Å². The maximum Gasteiger partial charge on any atom is 0.329 e. The van der Waals surface area contributed by atoms with E-state index >= 15 is 0 Å². The summed E-state index contributed by atoms with van der Waals surface area (Å²) in [6.07, 6.45) is 0.842. The summed E-state index contributed by atoms with van der Waals surface area (Å²) in [6.45, 7) is 3.52. The number of nitrogens with zero attached hydrogens (tertiary/aromatic N) is 1. The lowest BCUT2D eigenvalue weighted by atomic mass is 9.98. The Bertz CT molecular complexity index is 446. The van der Waals surface area contributed by atoms with Gasteiger partial charge in [0, 0.05) is 5.56 Å². The van der Waals surface area contributed by atoms with Crippen LogP contribution in [0.3, 0.4) is 0 Å². The molecule has 0 amide bonds. The van der Waals surface area contributed by atoms with Crippen molar-refractivity contribution >= 4 is 17.1 Å². The van der Waals surface area contributed by atoms with Crippen molar-refractivity contribution in [2.24, 2.45) is 0 Å². The molecule has 0 aliphatic carbocycles. The normalized spacial score (nSPS) is 10.4. The third-order valence-corrected chi connectivity index (χ3v) is 2.60. The quantitative estimate of drug-likeness (QED) is 0.469. The topological polar surface area (TPSA) is 95.2 Å². The number of benzene rings is 1. The Labute approximate surface area is 92.4 Å². The third-order valence-electron chi connectivity index (χ3n) is 2.60. The summed E-state index contributed by atoms with van der Waals surface area (Å²) in [5, 5.41) is 10.7. The molecule has 88 valence electrons. The van der Waals surface area contributed by atoms with E-state index in [1.807, 2.05) is 0 Å². The van der Waals surface area contributed by atoms with Crippen LogP contribution in [0.2, 0.25) is 0 Å². The van der Waals surface area contributed by atoms with Gasteiger partial charge in [0.1, 0.15) is 5.69 Å². The molecule has 6 heteroatoms. The highest BCUT2D eigenvalue weighted by Crippen LogP contribution is 2.37. The minimum Gasteiger partial charge on any atom is -0.397 e. The first-order valence-corrected chi connectivity index (χ1v) is 4.98. The van der Waals surface area contributed by atoms with Crippen molar-refractivity contribution in [2.45, 2.75) is 26.7 Å². The lowest BCUT2D eigenvalue weighted by Gasteiger charge is -2.13. The smallest absolute Gasteiger partial charge is 0.329 e. The summed E-state index contributed by atoms with van der Waals surface area (Å²) < 4.78 is 13.8. The number of hydrogen-bond donors (Lipinski definition) is 2. The Kier molecular flexibility index (Phi) is 3.31. The van der Waals surface area contributed by atoms with Crippen LogP contribution in [-0.4, -0.2) is 4.92 Å². The summed E-state index contributed by atoms with van der Waals surface area (Å²) in [5.74, 6) is -0.865. The van der Waals surface area contributed by atoms with E-state index < -0.39 is 16.4 Å². The molecule has 0 heterocycles. The SMILES string of the molecule is CCc1c(N)c(N)c([N+](=O)[O-])c(F)c1CC. The fourth-order valence-corrected chi connectivity index (χ4v) is 1.80. The zero-order valence-corrected chi connectivity index (χ0v) is 9.21. The predicted octanol–water partition coefficient (Wildman–Crippen LogP) is 2.02. The van der Waals surface area contributed by atoms with Crippen molar-refractivity contribution in [2.75, 3.05) is 11.5 Å². The Morgan fingerprint density at radius 1 is 1.19 bits per heavy atom. The Balaban J connectivity index is 3.69. The summed E-state index contributed by atoms with van der Waals surface area (Å²) in [7, 11) is 0. The third kappa shape index (κ3) is 1.66. The summed E-state index contributed by atoms with van der Waals surface area (Å²) >= 11 is 0. The summed E-state index contributed by atoms with van der Waals surface area (Å²) in [5.41, 5.74) is 11.1. The zero-order valence-electron chi connectivity index (χ0n) is 9.21. The molecule has 0 fully saturated rings. The van der Waals surface area contributed by atoms with Crippen molar-refractivity contribution in [1.29, 1.82) is 0 Å². The number of halogens is 1. The predicted molar refractivity (Wildman–Crippen MR) is 60.6 cm³/mol. The standard InChI is InChI=1S/C10H14FN3O2/c1-3-5-6(4-2)8(12)9(13)10(7(5)11)14(15)16/h3-4,12-13H2,1-2H3. The maximum absolute atomic E-state index is 13.8. The Morgan fingerprint density at radius 3 is 2.06 bits per heavy atom. The molecular formula is C10H14FN3O2. The molecule has 0 aromatic heterocycles. The van der Waals surface area contributed by atoms with Crippen LogP contribution in [0.15, 0.2) is 0 Å². The maximum atomic E-state index is 13.8. The molecule has 1 aromatic carbocycles. The van der Waals surface area contributed by atoms with Crippen LogP contribution in [0.1, 0.15) is 25.0 Å². The number of hydrogen-bond acceptors (Lipinski definition) is 4. The van der Waals surface area contributed by atoms with Gasteiger partial charge in [-0.3, -0.25) is 10.1 Å². The average molecular weight is 227 g/mol. The molecule has 0 aliphatic heterocycles. The first kappa shape index (κ1) is 12.2. The lowest BCUT2D eigenvalue weighted by molar-refractivity contribution is -0.386. The highest BCUT2D eigenvalue weighted by atomic mass is 19.1. The first-order valence-electron chi connectivity index (χ1n) is 4.98. The van der Waals surface area contributed by atoms with Crippen LogP contribution in [0, 0.1) is 15.9 Å². The van der Waals surface area contributed by atoms with Gasteiger partial charge in [0.15, 0.2) is 0 Å². The number of nitro benzene ring substituents is 1. The van der Waals surface area contributed by atoms with E-state index in [0.29, 0.717) is 18.4 Å². The van der Waals surface area contributed by atoms with Gasteiger partial charge in [-0.25, -0.2) is 0 Å². The number of nitrogen functional groups attached to an aromatic ring is 2. The lowest BCUT2D eigenvalue weighted by Crippen LogP contribution is -2.10. The minimum absolute atomic E-state index is 0.118. The Morgan fingerprint density at radius 2 is 1.69 bits per heavy atom. The molecule has 1 rings (SSSR count). The Hall–Kier alpha value is -1.85.